The number of carbonyl (C=O) groups is 3. The molecular weight excluding hydrogens is 449 g/mol. The number of Topliss-reactive ketones (excluding diaryl/α,β-unsaturated/α-hetero) is 2. The maximum absolute atomic E-state index is 12.9. The second-order valence-electron chi connectivity index (χ2n) is 7.18. The summed E-state index contributed by atoms with van der Waals surface area (Å²) in [6, 6.07) is 9.04. The summed E-state index contributed by atoms with van der Waals surface area (Å²) in [5.41, 5.74) is -1.05. The van der Waals surface area contributed by atoms with E-state index in [-0.39, 0.29) is 42.4 Å². The van der Waals surface area contributed by atoms with Crippen LogP contribution in [0.4, 0.5) is 13.2 Å². The van der Waals surface area contributed by atoms with Crippen LogP contribution in [0.3, 0.4) is 0 Å². The summed E-state index contributed by atoms with van der Waals surface area (Å²) in [6.07, 6.45) is -4.65. The highest BCUT2D eigenvalue weighted by Gasteiger charge is 2.34. The average molecular weight is 468 g/mol. The third-order valence-corrected chi connectivity index (χ3v) is 6.98. The van der Waals surface area contributed by atoms with Gasteiger partial charge in [-0.25, -0.2) is 8.42 Å². The molecule has 0 bridgehead atoms. The Balaban J connectivity index is 1.68. The van der Waals surface area contributed by atoms with Crippen molar-refractivity contribution in [2.45, 2.75) is 18.0 Å². The van der Waals surface area contributed by atoms with Crippen molar-refractivity contribution in [2.24, 2.45) is 0 Å². The molecule has 1 aliphatic rings. The van der Waals surface area contributed by atoms with E-state index in [0.29, 0.717) is 11.6 Å². The summed E-state index contributed by atoms with van der Waals surface area (Å²) in [4.78, 5) is 37.3. The minimum Gasteiger partial charge on any atom is -0.333 e. The second kappa shape index (κ2) is 8.83. The molecule has 0 N–H and O–H groups in total. The molecule has 0 atom stereocenters. The van der Waals surface area contributed by atoms with Gasteiger partial charge in [-0.15, -0.1) is 0 Å². The van der Waals surface area contributed by atoms with Gasteiger partial charge in [0.2, 0.25) is 15.8 Å². The first-order valence-electron chi connectivity index (χ1n) is 9.53. The van der Waals surface area contributed by atoms with Crippen molar-refractivity contribution in [1.29, 1.82) is 0 Å². The van der Waals surface area contributed by atoms with Crippen LogP contribution in [0.2, 0.25) is 0 Å². The van der Waals surface area contributed by atoms with Crippen molar-refractivity contribution in [1.82, 2.24) is 9.21 Å². The average Bonchev–Trinajstić information content (AvgIpc) is 2.77. The topological polar surface area (TPSA) is 91.8 Å². The number of alkyl halides is 3. The van der Waals surface area contributed by atoms with Crippen LogP contribution in [0.15, 0.2) is 53.4 Å². The molecule has 1 heterocycles. The van der Waals surface area contributed by atoms with Crippen LogP contribution in [0, 0.1) is 0 Å². The van der Waals surface area contributed by atoms with E-state index in [1.807, 2.05) is 0 Å². The first-order chi connectivity index (χ1) is 14.9. The molecule has 0 aromatic heterocycles. The number of hydrogen-bond acceptors (Lipinski definition) is 5. The second-order valence-corrected chi connectivity index (χ2v) is 9.12. The Morgan fingerprint density at radius 3 is 2.00 bits per heavy atom. The van der Waals surface area contributed by atoms with Crippen molar-refractivity contribution in [3.05, 3.63) is 65.2 Å². The number of amides is 1. The fourth-order valence-corrected chi connectivity index (χ4v) is 4.67. The van der Waals surface area contributed by atoms with Gasteiger partial charge in [0, 0.05) is 37.3 Å². The van der Waals surface area contributed by atoms with Crippen LogP contribution in [-0.2, 0) is 21.0 Å². The smallest absolute Gasteiger partial charge is 0.333 e. The van der Waals surface area contributed by atoms with Gasteiger partial charge >= 0.3 is 6.18 Å². The molecule has 2 aromatic rings. The third kappa shape index (κ3) is 4.89. The number of rotatable bonds is 5. The Hall–Kier alpha value is -3.05. The van der Waals surface area contributed by atoms with Gasteiger partial charge < -0.3 is 4.90 Å². The molecule has 0 unspecified atom stereocenters. The third-order valence-electron chi connectivity index (χ3n) is 5.07. The van der Waals surface area contributed by atoms with Gasteiger partial charge in [0.1, 0.15) is 0 Å². The molecule has 0 aliphatic carbocycles. The van der Waals surface area contributed by atoms with E-state index in [0.717, 1.165) is 27.4 Å². The van der Waals surface area contributed by atoms with E-state index in [1.54, 1.807) is 0 Å². The quantitative estimate of drug-likeness (QED) is 0.497. The fourth-order valence-electron chi connectivity index (χ4n) is 3.25. The normalized spacial score (nSPS) is 15.4. The molecule has 11 heteroatoms. The number of piperazine rings is 1. The predicted molar refractivity (Wildman–Crippen MR) is 108 cm³/mol. The molecule has 1 aliphatic heterocycles. The Bertz CT molecular complexity index is 1150. The largest absolute Gasteiger partial charge is 0.416 e. The highest BCUT2D eigenvalue weighted by Crippen LogP contribution is 2.29. The van der Waals surface area contributed by atoms with E-state index < -0.39 is 33.5 Å². The molecule has 2 aromatic carbocycles. The van der Waals surface area contributed by atoms with Gasteiger partial charge in [0.25, 0.3) is 5.91 Å². The lowest BCUT2D eigenvalue weighted by Gasteiger charge is -2.33. The molecule has 1 saturated heterocycles. The molecule has 7 nitrogen and oxygen atoms in total. The van der Waals surface area contributed by atoms with Crippen LogP contribution in [0.1, 0.15) is 33.2 Å². The Morgan fingerprint density at radius 1 is 0.875 bits per heavy atom. The zero-order chi connectivity index (χ0) is 23.7. The van der Waals surface area contributed by atoms with Gasteiger partial charge in [-0.05, 0) is 31.2 Å². The lowest BCUT2D eigenvalue weighted by atomic mass is 10.1. The van der Waals surface area contributed by atoms with Gasteiger partial charge in [0.05, 0.1) is 10.5 Å². The highest BCUT2D eigenvalue weighted by molar-refractivity contribution is 7.89. The van der Waals surface area contributed by atoms with Crippen molar-refractivity contribution < 1.29 is 36.0 Å². The van der Waals surface area contributed by atoms with Crippen LogP contribution >= 0.6 is 0 Å². The molecule has 1 fully saturated rings. The van der Waals surface area contributed by atoms with Crippen LogP contribution in [0.5, 0.6) is 0 Å². The molecule has 1 amide bonds. The van der Waals surface area contributed by atoms with Gasteiger partial charge in [-0.3, -0.25) is 14.4 Å². The zero-order valence-electron chi connectivity index (χ0n) is 16.9. The maximum atomic E-state index is 12.9. The first-order valence-corrected chi connectivity index (χ1v) is 11.0. The number of carbonyl (C=O) groups excluding carboxylic acids is 3. The molecule has 0 spiro atoms. The summed E-state index contributed by atoms with van der Waals surface area (Å²) in [5, 5.41) is 0. The minimum atomic E-state index is -4.65. The standard InChI is InChI=1S/C21H19F3N2O5S/c1-14(27)15-5-7-18(8-6-15)32(30,31)26-11-9-25(10-12-26)20(29)19(28)16-3-2-4-17(13-16)21(22,23)24/h2-8,13H,9-12H2,1H3. The van der Waals surface area contributed by atoms with Crippen molar-refractivity contribution in [3.8, 4) is 0 Å². The van der Waals surface area contributed by atoms with Crippen molar-refractivity contribution in [2.75, 3.05) is 26.2 Å². The molecule has 0 saturated carbocycles. The number of benzene rings is 2. The molecule has 3 rings (SSSR count). The van der Waals surface area contributed by atoms with E-state index in [4.69, 9.17) is 0 Å². The van der Waals surface area contributed by atoms with Gasteiger partial charge in [0.15, 0.2) is 5.78 Å². The Kier molecular flexibility index (Phi) is 6.51. The summed E-state index contributed by atoms with van der Waals surface area (Å²) >= 11 is 0. The maximum Gasteiger partial charge on any atom is 0.416 e. The number of sulfonamides is 1. The Morgan fingerprint density at radius 2 is 1.47 bits per heavy atom. The molecule has 170 valence electrons. The van der Waals surface area contributed by atoms with E-state index in [1.165, 1.54) is 31.2 Å². The van der Waals surface area contributed by atoms with Crippen molar-refractivity contribution >= 4 is 27.5 Å². The van der Waals surface area contributed by atoms with E-state index in [9.17, 15) is 36.0 Å². The summed E-state index contributed by atoms with van der Waals surface area (Å²) in [6.45, 7) is 1.01. The zero-order valence-corrected chi connectivity index (χ0v) is 17.7. The first kappa shape index (κ1) is 23.6. The van der Waals surface area contributed by atoms with Crippen LogP contribution < -0.4 is 0 Å². The van der Waals surface area contributed by atoms with E-state index >= 15 is 0 Å². The number of hydrogen-bond donors (Lipinski definition) is 0. The minimum absolute atomic E-state index is 0.0117. The lowest BCUT2D eigenvalue weighted by Crippen LogP contribution is -2.52. The highest BCUT2D eigenvalue weighted by atomic mass is 32.2. The molecule has 0 radical (unpaired) electrons. The van der Waals surface area contributed by atoms with Gasteiger partial charge in [-0.2, -0.15) is 17.5 Å². The van der Waals surface area contributed by atoms with Crippen LogP contribution in [-0.4, -0.2) is 61.3 Å². The number of ketones is 2. The monoisotopic (exact) mass is 468 g/mol. The number of nitrogens with zero attached hydrogens (tertiary/aromatic N) is 2. The Labute approximate surface area is 182 Å². The number of halogens is 3. The predicted octanol–water partition coefficient (Wildman–Crippen LogP) is 2.62. The SMILES string of the molecule is CC(=O)c1ccc(S(=O)(=O)N2CCN(C(=O)C(=O)c3cccc(C(F)(F)F)c3)CC2)cc1. The molecular formula is C21H19F3N2O5S. The van der Waals surface area contributed by atoms with Gasteiger partial charge in [-0.1, -0.05) is 24.3 Å². The lowest BCUT2D eigenvalue weighted by molar-refractivity contribution is -0.137. The summed E-state index contributed by atoms with van der Waals surface area (Å²) < 4.78 is 65.3. The summed E-state index contributed by atoms with van der Waals surface area (Å²) in [7, 11) is -3.87. The van der Waals surface area contributed by atoms with E-state index in [2.05, 4.69) is 0 Å². The van der Waals surface area contributed by atoms with Crippen LogP contribution in [0.25, 0.3) is 0 Å². The fraction of sp³-hybridized carbons (Fsp3) is 0.286. The summed E-state index contributed by atoms with van der Waals surface area (Å²) in [5.74, 6) is -2.29. The molecule has 32 heavy (non-hydrogen) atoms. The van der Waals surface area contributed by atoms with Crippen molar-refractivity contribution in [3.63, 3.8) is 0 Å².